The molecule has 0 aromatic heterocycles. The van der Waals surface area contributed by atoms with Crippen LogP contribution in [0.2, 0.25) is 0 Å². The van der Waals surface area contributed by atoms with Gasteiger partial charge in [0.1, 0.15) is 17.6 Å². The minimum atomic E-state index is -0.503. The summed E-state index contributed by atoms with van der Waals surface area (Å²) in [6.07, 6.45) is 0.931. The molecule has 1 aromatic rings. The Balaban J connectivity index is 3.27. The van der Waals surface area contributed by atoms with Gasteiger partial charge in [0, 0.05) is 19.1 Å². The van der Waals surface area contributed by atoms with Crippen LogP contribution in [0.5, 0.6) is 5.75 Å². The largest absolute Gasteiger partial charge is 0.466 e. The highest BCUT2D eigenvalue weighted by atomic mass is 16.7. The lowest BCUT2D eigenvalue weighted by molar-refractivity contribution is -0.107. The van der Waals surface area contributed by atoms with Crippen molar-refractivity contribution < 1.29 is 23.8 Å². The quantitative estimate of drug-likeness (QED) is 0.436. The number of hydrogen-bond donors (Lipinski definition) is 0. The second-order valence-electron chi connectivity index (χ2n) is 3.71. The molecular weight excluding hydrogens is 236 g/mol. The molecule has 0 atom stereocenters. The van der Waals surface area contributed by atoms with E-state index in [4.69, 9.17) is 14.2 Å². The van der Waals surface area contributed by atoms with Crippen molar-refractivity contribution in [3.63, 3.8) is 0 Å². The van der Waals surface area contributed by atoms with E-state index in [0.717, 1.165) is 11.8 Å². The van der Waals surface area contributed by atoms with Gasteiger partial charge in [0.05, 0.1) is 7.11 Å². The summed E-state index contributed by atoms with van der Waals surface area (Å²) in [6, 6.07) is 3.46. The highest BCUT2D eigenvalue weighted by molar-refractivity contribution is 5.93. The van der Waals surface area contributed by atoms with E-state index in [1.807, 2.05) is 6.92 Å². The fourth-order valence-electron chi connectivity index (χ4n) is 1.64. The molecule has 0 unspecified atom stereocenters. The summed E-state index contributed by atoms with van der Waals surface area (Å²) in [5.41, 5.74) is 1.80. The maximum absolute atomic E-state index is 11.7. The fraction of sp³-hybridized carbons (Fsp3) is 0.385. The number of esters is 1. The summed E-state index contributed by atoms with van der Waals surface area (Å²) in [4.78, 5) is 22.3. The van der Waals surface area contributed by atoms with Gasteiger partial charge in [-0.3, -0.25) is 0 Å². The normalized spacial score (nSPS) is 9.94. The number of ether oxygens (including phenoxy) is 3. The molecule has 0 saturated heterocycles. The number of methoxy groups -OCH3 is 2. The Labute approximate surface area is 106 Å². The summed E-state index contributed by atoms with van der Waals surface area (Å²) < 4.78 is 14.9. The van der Waals surface area contributed by atoms with Crippen molar-refractivity contribution in [1.29, 1.82) is 0 Å². The van der Waals surface area contributed by atoms with Crippen LogP contribution in [-0.2, 0) is 20.7 Å². The van der Waals surface area contributed by atoms with Crippen LogP contribution in [0.25, 0.3) is 0 Å². The van der Waals surface area contributed by atoms with Crippen molar-refractivity contribution in [3.8, 4) is 5.75 Å². The van der Waals surface area contributed by atoms with Crippen LogP contribution < -0.4 is 4.74 Å². The zero-order chi connectivity index (χ0) is 13.5. The Kier molecular flexibility index (Phi) is 5.32. The van der Waals surface area contributed by atoms with Crippen molar-refractivity contribution in [3.05, 3.63) is 28.8 Å². The van der Waals surface area contributed by atoms with E-state index in [9.17, 15) is 9.59 Å². The van der Waals surface area contributed by atoms with Crippen LogP contribution in [0, 0.1) is 6.92 Å². The third-order valence-corrected chi connectivity index (χ3v) is 2.34. The molecule has 1 rings (SSSR count). The lowest BCUT2D eigenvalue weighted by Gasteiger charge is -2.14. The molecule has 0 heterocycles. The smallest absolute Gasteiger partial charge is 0.341 e. The minimum Gasteiger partial charge on any atom is -0.466 e. The monoisotopic (exact) mass is 252 g/mol. The average Bonchev–Trinajstić information content (AvgIpc) is 2.36. The fourth-order valence-corrected chi connectivity index (χ4v) is 1.64. The van der Waals surface area contributed by atoms with Crippen LogP contribution in [0.4, 0.5) is 0 Å². The summed E-state index contributed by atoms with van der Waals surface area (Å²) in [6.45, 7) is 1.83. The van der Waals surface area contributed by atoms with Crippen molar-refractivity contribution in [1.82, 2.24) is 0 Å². The first-order chi connectivity index (χ1) is 8.63. The third kappa shape index (κ3) is 3.30. The van der Waals surface area contributed by atoms with Gasteiger partial charge in [-0.25, -0.2) is 4.79 Å². The molecule has 0 aliphatic carbocycles. The number of aldehydes is 1. The maximum atomic E-state index is 11.7. The summed E-state index contributed by atoms with van der Waals surface area (Å²) in [5, 5.41) is 0. The molecule has 5 heteroatoms. The van der Waals surface area contributed by atoms with Crippen LogP contribution in [0.1, 0.15) is 21.5 Å². The van der Waals surface area contributed by atoms with Gasteiger partial charge < -0.3 is 19.0 Å². The van der Waals surface area contributed by atoms with Gasteiger partial charge in [0.2, 0.25) is 0 Å². The Hall–Kier alpha value is -1.88. The predicted molar refractivity (Wildman–Crippen MR) is 64.8 cm³/mol. The van der Waals surface area contributed by atoms with Gasteiger partial charge in [-0.2, -0.15) is 0 Å². The molecule has 0 radical (unpaired) electrons. The SMILES string of the molecule is COCOc1c(CC=O)cc(C)cc1C(=O)OC. The second-order valence-corrected chi connectivity index (χ2v) is 3.71. The Morgan fingerprint density at radius 1 is 1.33 bits per heavy atom. The number of aryl methyl sites for hydroxylation is 1. The minimum absolute atomic E-state index is 0.00108. The van der Waals surface area contributed by atoms with Gasteiger partial charge in [-0.15, -0.1) is 0 Å². The lowest BCUT2D eigenvalue weighted by atomic mass is 10.0. The Morgan fingerprint density at radius 2 is 2.06 bits per heavy atom. The molecule has 0 N–H and O–H groups in total. The number of carbonyl (C=O) groups excluding carboxylic acids is 2. The van der Waals surface area contributed by atoms with Crippen LogP contribution in [0.3, 0.4) is 0 Å². The van der Waals surface area contributed by atoms with E-state index in [2.05, 4.69) is 0 Å². The van der Waals surface area contributed by atoms with E-state index >= 15 is 0 Å². The summed E-state index contributed by atoms with van der Waals surface area (Å²) in [7, 11) is 2.77. The van der Waals surface area contributed by atoms with E-state index < -0.39 is 5.97 Å². The summed E-state index contributed by atoms with van der Waals surface area (Å²) >= 11 is 0. The number of benzene rings is 1. The van der Waals surface area contributed by atoms with E-state index in [1.165, 1.54) is 14.2 Å². The van der Waals surface area contributed by atoms with E-state index in [0.29, 0.717) is 16.9 Å². The zero-order valence-corrected chi connectivity index (χ0v) is 10.7. The first-order valence-electron chi connectivity index (χ1n) is 5.41. The Bertz CT molecular complexity index is 439. The standard InChI is InChI=1S/C13H16O5/c1-9-6-10(4-5-14)12(18-8-16-2)11(7-9)13(15)17-3/h5-7H,4,8H2,1-3H3. The lowest BCUT2D eigenvalue weighted by Crippen LogP contribution is -2.10. The molecule has 0 saturated carbocycles. The molecule has 0 aliphatic heterocycles. The van der Waals surface area contributed by atoms with E-state index in [1.54, 1.807) is 12.1 Å². The summed E-state index contributed by atoms with van der Waals surface area (Å²) in [5.74, 6) is -0.168. The number of carbonyl (C=O) groups is 2. The van der Waals surface area contributed by atoms with Crippen LogP contribution in [0.15, 0.2) is 12.1 Å². The van der Waals surface area contributed by atoms with Crippen LogP contribution in [-0.4, -0.2) is 33.3 Å². The number of rotatable bonds is 6. The molecule has 0 bridgehead atoms. The average molecular weight is 252 g/mol. The molecule has 5 nitrogen and oxygen atoms in total. The molecular formula is C13H16O5. The topological polar surface area (TPSA) is 61.8 Å². The molecule has 0 spiro atoms. The first kappa shape index (κ1) is 14.2. The third-order valence-electron chi connectivity index (χ3n) is 2.34. The highest BCUT2D eigenvalue weighted by Crippen LogP contribution is 2.27. The maximum Gasteiger partial charge on any atom is 0.341 e. The number of hydrogen-bond acceptors (Lipinski definition) is 5. The van der Waals surface area contributed by atoms with Crippen LogP contribution >= 0.6 is 0 Å². The molecule has 98 valence electrons. The highest BCUT2D eigenvalue weighted by Gasteiger charge is 2.18. The molecule has 0 fully saturated rings. The molecule has 1 aromatic carbocycles. The van der Waals surface area contributed by atoms with Gasteiger partial charge in [0.25, 0.3) is 0 Å². The predicted octanol–water partition coefficient (Wildman–Crippen LogP) is 1.51. The van der Waals surface area contributed by atoms with Crippen molar-refractivity contribution >= 4 is 12.3 Å². The molecule has 0 aliphatic rings. The van der Waals surface area contributed by atoms with Gasteiger partial charge in [0.15, 0.2) is 6.79 Å². The van der Waals surface area contributed by atoms with Gasteiger partial charge in [-0.05, 0) is 18.6 Å². The molecule has 0 amide bonds. The van der Waals surface area contributed by atoms with Gasteiger partial charge in [-0.1, -0.05) is 6.07 Å². The van der Waals surface area contributed by atoms with Gasteiger partial charge >= 0.3 is 5.97 Å². The van der Waals surface area contributed by atoms with Crippen molar-refractivity contribution in [2.24, 2.45) is 0 Å². The second kappa shape index (κ2) is 6.76. The molecule has 18 heavy (non-hydrogen) atoms. The zero-order valence-electron chi connectivity index (χ0n) is 10.7. The Morgan fingerprint density at radius 3 is 2.61 bits per heavy atom. The van der Waals surface area contributed by atoms with Crippen molar-refractivity contribution in [2.45, 2.75) is 13.3 Å². The van der Waals surface area contributed by atoms with E-state index in [-0.39, 0.29) is 13.2 Å². The first-order valence-corrected chi connectivity index (χ1v) is 5.41. The van der Waals surface area contributed by atoms with Crippen molar-refractivity contribution in [2.75, 3.05) is 21.0 Å².